The number of aromatic nitrogens is 5. The van der Waals surface area contributed by atoms with Gasteiger partial charge in [0.25, 0.3) is 5.56 Å². The summed E-state index contributed by atoms with van der Waals surface area (Å²) in [6.45, 7) is 7.11. The number of aromatic amines is 1. The van der Waals surface area contributed by atoms with E-state index in [0.717, 1.165) is 35.6 Å². The molecule has 1 aromatic carbocycles. The van der Waals surface area contributed by atoms with Gasteiger partial charge in [-0.1, -0.05) is 31.5 Å². The van der Waals surface area contributed by atoms with Crippen LogP contribution in [0.4, 0.5) is 0 Å². The van der Waals surface area contributed by atoms with Gasteiger partial charge in [-0.05, 0) is 51.5 Å². The number of rotatable bonds is 8. The molecule has 182 valence electrons. The quantitative estimate of drug-likeness (QED) is 0.310. The van der Waals surface area contributed by atoms with Gasteiger partial charge in [0.05, 0.1) is 11.4 Å². The van der Waals surface area contributed by atoms with Crippen LogP contribution < -0.4 is 5.56 Å². The summed E-state index contributed by atoms with van der Waals surface area (Å²) < 4.78 is 10.4. The van der Waals surface area contributed by atoms with Gasteiger partial charge in [-0.15, -0.1) is 0 Å². The fourth-order valence-electron chi connectivity index (χ4n) is 4.35. The lowest BCUT2D eigenvalue weighted by Gasteiger charge is -2.08. The van der Waals surface area contributed by atoms with Crippen LogP contribution >= 0.6 is 0 Å². The first-order valence-electron chi connectivity index (χ1n) is 11.5. The molecule has 9 heteroatoms. The lowest BCUT2D eigenvalue weighted by atomic mass is 10.1. The van der Waals surface area contributed by atoms with E-state index in [-0.39, 0.29) is 17.0 Å². The third-order valence-corrected chi connectivity index (χ3v) is 6.17. The van der Waals surface area contributed by atoms with Crippen LogP contribution in [0.15, 0.2) is 47.3 Å². The number of nitrogens with one attached hydrogen (secondary N) is 1. The number of benzene rings is 1. The van der Waals surface area contributed by atoms with E-state index in [4.69, 9.17) is 4.74 Å². The number of carbonyl (C=O) groups excluding carboxylic acids is 2. The van der Waals surface area contributed by atoms with E-state index in [2.05, 4.69) is 10.2 Å². The second-order valence-corrected chi connectivity index (χ2v) is 8.56. The molecular formula is C26H29N5O4. The van der Waals surface area contributed by atoms with Gasteiger partial charge in [-0.3, -0.25) is 19.4 Å². The average Bonchev–Trinajstić information content (AvgIpc) is 3.49. The van der Waals surface area contributed by atoms with E-state index in [1.807, 2.05) is 58.2 Å². The summed E-state index contributed by atoms with van der Waals surface area (Å²) in [5.74, 6) is -1.01. The third kappa shape index (κ3) is 4.37. The predicted molar refractivity (Wildman–Crippen MR) is 132 cm³/mol. The molecular weight excluding hydrogens is 446 g/mol. The van der Waals surface area contributed by atoms with Gasteiger partial charge in [-0.2, -0.15) is 5.10 Å². The molecule has 0 aliphatic heterocycles. The van der Waals surface area contributed by atoms with Crippen LogP contribution in [0.25, 0.3) is 11.4 Å². The smallest absolute Gasteiger partial charge is 0.359 e. The Hall–Kier alpha value is -4.14. The molecule has 1 N–H and O–H groups in total. The maximum Gasteiger partial charge on any atom is 0.359 e. The number of para-hydroxylation sites is 1. The minimum absolute atomic E-state index is 0.146. The summed E-state index contributed by atoms with van der Waals surface area (Å²) in [7, 11) is 1.83. The van der Waals surface area contributed by atoms with Crippen molar-refractivity contribution in [3.63, 3.8) is 0 Å². The van der Waals surface area contributed by atoms with Crippen molar-refractivity contribution in [2.75, 3.05) is 6.61 Å². The summed E-state index contributed by atoms with van der Waals surface area (Å²) in [6, 6.07) is 12.7. The molecule has 0 aliphatic rings. The van der Waals surface area contributed by atoms with E-state index in [1.165, 1.54) is 0 Å². The van der Waals surface area contributed by atoms with Crippen molar-refractivity contribution in [1.82, 2.24) is 24.1 Å². The largest absolute Gasteiger partial charge is 0.453 e. The van der Waals surface area contributed by atoms with Gasteiger partial charge in [0.2, 0.25) is 5.78 Å². The van der Waals surface area contributed by atoms with E-state index < -0.39 is 12.6 Å². The van der Waals surface area contributed by atoms with Crippen molar-refractivity contribution >= 4 is 11.8 Å². The van der Waals surface area contributed by atoms with Gasteiger partial charge >= 0.3 is 5.97 Å². The Balaban J connectivity index is 1.61. The van der Waals surface area contributed by atoms with Crippen LogP contribution in [0.5, 0.6) is 0 Å². The highest BCUT2D eigenvalue weighted by Gasteiger charge is 2.24. The summed E-state index contributed by atoms with van der Waals surface area (Å²) in [4.78, 5) is 38.8. The van der Waals surface area contributed by atoms with Gasteiger partial charge in [0, 0.05) is 29.7 Å². The standard InChI is InChI=1S/C26H29N5O4/c1-6-10-19-14-22(28-27-19)26(34)35-15-23(32)21-13-16(2)30(17(21)3)24-18(4)29(5)31(25(24)33)20-11-8-7-9-12-20/h7-9,11-14H,6,10,15H2,1-5H3,(H,27,28). The van der Waals surface area contributed by atoms with E-state index in [0.29, 0.717) is 16.9 Å². The number of esters is 1. The Morgan fingerprint density at radius 2 is 1.77 bits per heavy atom. The van der Waals surface area contributed by atoms with Crippen LogP contribution in [0, 0.1) is 20.8 Å². The van der Waals surface area contributed by atoms with Gasteiger partial charge in [0.15, 0.2) is 12.3 Å². The topological polar surface area (TPSA) is 104 Å². The molecule has 0 bridgehead atoms. The highest BCUT2D eigenvalue weighted by atomic mass is 16.5. The molecule has 4 rings (SSSR count). The van der Waals surface area contributed by atoms with Crippen molar-refractivity contribution in [1.29, 1.82) is 0 Å². The Kier molecular flexibility index (Phi) is 6.59. The SMILES string of the molecule is CCCc1cc(C(=O)OCC(=O)c2cc(C)n(-c3c(C)n(C)n(-c4ccccc4)c3=O)c2C)n[nH]1. The lowest BCUT2D eigenvalue weighted by molar-refractivity contribution is 0.0468. The Morgan fingerprint density at radius 1 is 1.06 bits per heavy atom. The lowest BCUT2D eigenvalue weighted by Crippen LogP contribution is -2.22. The number of carbonyl (C=O) groups is 2. The highest BCUT2D eigenvalue weighted by molar-refractivity contribution is 6.00. The average molecular weight is 476 g/mol. The summed E-state index contributed by atoms with van der Waals surface area (Å²) >= 11 is 0. The maximum absolute atomic E-state index is 13.5. The summed E-state index contributed by atoms with van der Waals surface area (Å²) in [5, 5.41) is 6.76. The summed E-state index contributed by atoms with van der Waals surface area (Å²) in [5.41, 5.74) is 4.53. The molecule has 0 saturated heterocycles. The van der Waals surface area contributed by atoms with Crippen molar-refractivity contribution in [3.8, 4) is 11.4 Å². The van der Waals surface area contributed by atoms with Crippen LogP contribution in [0.3, 0.4) is 0 Å². The van der Waals surface area contributed by atoms with Crippen molar-refractivity contribution in [3.05, 3.63) is 86.9 Å². The molecule has 4 aromatic rings. The molecule has 9 nitrogen and oxygen atoms in total. The molecule has 3 heterocycles. The minimum atomic E-state index is -0.657. The van der Waals surface area contributed by atoms with Crippen LogP contribution in [-0.4, -0.2) is 42.5 Å². The molecule has 35 heavy (non-hydrogen) atoms. The molecule has 0 fully saturated rings. The number of aryl methyl sites for hydroxylation is 2. The monoisotopic (exact) mass is 475 g/mol. The van der Waals surface area contributed by atoms with Gasteiger partial charge in [-0.25, -0.2) is 9.48 Å². The molecule has 0 saturated carbocycles. The predicted octanol–water partition coefficient (Wildman–Crippen LogP) is 3.61. The van der Waals surface area contributed by atoms with E-state index >= 15 is 0 Å². The number of nitrogens with zero attached hydrogens (tertiary/aromatic N) is 4. The Labute approximate surface area is 202 Å². The van der Waals surface area contributed by atoms with E-state index in [9.17, 15) is 14.4 Å². The highest BCUT2D eigenvalue weighted by Crippen LogP contribution is 2.23. The fraction of sp³-hybridized carbons (Fsp3) is 0.308. The zero-order valence-electron chi connectivity index (χ0n) is 20.6. The maximum atomic E-state index is 13.5. The van der Waals surface area contributed by atoms with Crippen LogP contribution in [0.2, 0.25) is 0 Å². The zero-order chi connectivity index (χ0) is 25.3. The molecule has 0 amide bonds. The molecule has 3 aromatic heterocycles. The number of Topliss-reactive ketones (excluding diaryl/α,β-unsaturated/α-hetero) is 1. The normalized spacial score (nSPS) is 11.1. The fourth-order valence-corrected chi connectivity index (χ4v) is 4.35. The Morgan fingerprint density at radius 3 is 2.46 bits per heavy atom. The second-order valence-electron chi connectivity index (χ2n) is 8.56. The number of ether oxygens (including phenoxy) is 1. The number of H-pyrrole nitrogens is 1. The van der Waals surface area contributed by atoms with Gasteiger partial charge in [0.1, 0.15) is 5.69 Å². The van der Waals surface area contributed by atoms with Crippen molar-refractivity contribution in [2.45, 2.75) is 40.5 Å². The minimum Gasteiger partial charge on any atom is -0.453 e. The van der Waals surface area contributed by atoms with E-state index in [1.54, 1.807) is 33.0 Å². The summed E-state index contributed by atoms with van der Waals surface area (Å²) in [6.07, 6.45) is 1.69. The molecule has 0 spiro atoms. The molecule has 0 atom stereocenters. The van der Waals surface area contributed by atoms with Crippen LogP contribution in [0.1, 0.15) is 57.0 Å². The first-order valence-corrected chi connectivity index (χ1v) is 11.5. The molecule has 0 unspecified atom stereocenters. The third-order valence-electron chi connectivity index (χ3n) is 6.17. The first kappa shape index (κ1) is 24.0. The van der Waals surface area contributed by atoms with Crippen LogP contribution in [-0.2, 0) is 18.2 Å². The van der Waals surface area contributed by atoms with Crippen molar-refractivity contribution in [2.24, 2.45) is 7.05 Å². The van der Waals surface area contributed by atoms with Crippen molar-refractivity contribution < 1.29 is 14.3 Å². The number of ketones is 1. The Bertz CT molecular complexity index is 1450. The molecule has 0 radical (unpaired) electrons. The second kappa shape index (κ2) is 9.61. The number of hydrogen-bond donors (Lipinski definition) is 1. The molecule has 0 aliphatic carbocycles. The zero-order valence-corrected chi connectivity index (χ0v) is 20.6. The number of hydrogen-bond acceptors (Lipinski definition) is 5. The first-order chi connectivity index (χ1) is 16.7. The van der Waals surface area contributed by atoms with Gasteiger partial charge < -0.3 is 9.30 Å².